The molecule has 0 aliphatic heterocycles. The molecule has 1 atom stereocenters. The van der Waals surface area contributed by atoms with E-state index in [-0.39, 0.29) is 29.0 Å². The molecule has 0 spiro atoms. The van der Waals surface area contributed by atoms with E-state index in [4.69, 9.17) is 56.2 Å². The van der Waals surface area contributed by atoms with E-state index < -0.39 is 22.4 Å². The molecule has 1 unspecified atom stereocenters. The first-order valence-corrected chi connectivity index (χ1v) is 10.3. The minimum Gasteiger partial charge on any atom is -0.491 e. The fraction of sp³-hybridized carbons (Fsp3) is 0.211. The quantitative estimate of drug-likeness (QED) is 0.422. The Kier molecular flexibility index (Phi) is 7.64. The van der Waals surface area contributed by atoms with Crippen LogP contribution in [-0.4, -0.2) is 50.2 Å². The van der Waals surface area contributed by atoms with Gasteiger partial charge < -0.3 is 20.3 Å². The highest BCUT2D eigenvalue weighted by molar-refractivity contribution is 6.66. The molecule has 0 radical (unpaired) electrons. The van der Waals surface area contributed by atoms with Crippen LogP contribution in [0.5, 0.6) is 5.75 Å². The number of amides is 1. The van der Waals surface area contributed by atoms with Crippen LogP contribution in [0.4, 0.5) is 5.69 Å². The Labute approximate surface area is 197 Å². The number of nitrogens with zero attached hydrogens (tertiary/aromatic N) is 3. The van der Waals surface area contributed by atoms with Gasteiger partial charge in [0.1, 0.15) is 18.5 Å². The van der Waals surface area contributed by atoms with Gasteiger partial charge in [-0.2, -0.15) is 0 Å². The summed E-state index contributed by atoms with van der Waals surface area (Å²) in [6.07, 6.45) is -1.02. The molecule has 1 aromatic heterocycles. The van der Waals surface area contributed by atoms with Crippen molar-refractivity contribution in [2.24, 2.45) is 0 Å². The number of aromatic nitrogens is 3. The third-order valence-corrected chi connectivity index (χ3v) is 4.73. The number of para-hydroxylation sites is 1. The number of hydrogen-bond acceptors (Lipinski definition) is 6. The molecule has 1 heterocycles. The van der Waals surface area contributed by atoms with Gasteiger partial charge in [-0.1, -0.05) is 64.6 Å². The zero-order valence-corrected chi connectivity index (χ0v) is 18.7. The average Bonchev–Trinajstić information content (AvgIpc) is 3.20. The summed E-state index contributed by atoms with van der Waals surface area (Å²) >= 11 is 24.2. The van der Waals surface area contributed by atoms with Gasteiger partial charge in [0.05, 0.1) is 23.0 Å². The van der Waals surface area contributed by atoms with E-state index in [1.165, 1.54) is 22.9 Å². The van der Waals surface area contributed by atoms with Crippen LogP contribution in [0.25, 0.3) is 5.69 Å². The zero-order valence-electron chi connectivity index (χ0n) is 15.7. The molecule has 0 saturated carbocycles. The van der Waals surface area contributed by atoms with Crippen molar-refractivity contribution in [3.63, 3.8) is 0 Å². The van der Waals surface area contributed by atoms with Crippen LogP contribution < -0.4 is 10.1 Å². The molecule has 31 heavy (non-hydrogen) atoms. The molecule has 3 rings (SSSR count). The number of halogens is 4. The van der Waals surface area contributed by atoms with Crippen LogP contribution in [0, 0.1) is 0 Å². The van der Waals surface area contributed by atoms with Crippen molar-refractivity contribution < 1.29 is 19.7 Å². The Morgan fingerprint density at radius 2 is 1.90 bits per heavy atom. The van der Waals surface area contributed by atoms with Gasteiger partial charge in [-0.25, -0.2) is 9.67 Å². The Morgan fingerprint density at radius 3 is 2.52 bits per heavy atom. The van der Waals surface area contributed by atoms with Crippen molar-refractivity contribution in [2.75, 3.05) is 18.5 Å². The summed E-state index contributed by atoms with van der Waals surface area (Å²) in [6, 6.07) is 13.3. The molecular weight excluding hydrogens is 490 g/mol. The number of alkyl halides is 3. The SMILES string of the molecule is O=C(Nc1ccc(OCC(O)CO)cc1Cl)c1nc(C(Cl)(Cl)Cl)n(-c2ccccc2)n1. The highest BCUT2D eigenvalue weighted by Crippen LogP contribution is 2.38. The Balaban J connectivity index is 1.81. The number of nitrogens with one attached hydrogen (secondary N) is 1. The van der Waals surface area contributed by atoms with Crippen LogP contribution >= 0.6 is 46.4 Å². The fourth-order valence-corrected chi connectivity index (χ4v) is 3.04. The maximum Gasteiger partial charge on any atom is 0.295 e. The first kappa shape index (κ1) is 23.6. The van der Waals surface area contributed by atoms with Crippen LogP contribution in [0.2, 0.25) is 5.02 Å². The third-order valence-electron chi connectivity index (χ3n) is 3.91. The second kappa shape index (κ2) is 10.0. The molecule has 12 heteroatoms. The summed E-state index contributed by atoms with van der Waals surface area (Å²) in [7, 11) is 0. The smallest absolute Gasteiger partial charge is 0.295 e. The lowest BCUT2D eigenvalue weighted by Gasteiger charge is -2.11. The van der Waals surface area contributed by atoms with E-state index in [2.05, 4.69) is 15.4 Å². The molecule has 3 aromatic rings. The maximum absolute atomic E-state index is 12.7. The number of aliphatic hydroxyl groups is 2. The lowest BCUT2D eigenvalue weighted by Crippen LogP contribution is -2.21. The van der Waals surface area contributed by atoms with Gasteiger partial charge in [0.2, 0.25) is 9.62 Å². The number of carbonyl (C=O) groups excluding carboxylic acids is 1. The van der Waals surface area contributed by atoms with Gasteiger partial charge in [0.25, 0.3) is 5.91 Å². The standard InChI is InChI=1S/C19H16Cl4N4O4/c20-14-8-13(31-10-12(29)9-28)6-7-15(14)24-17(30)16-25-18(19(21,22)23)27(26-16)11-4-2-1-3-5-11/h1-8,12,28-29H,9-10H2,(H,24,30). The summed E-state index contributed by atoms with van der Waals surface area (Å²) < 4.78 is 4.66. The molecule has 1 amide bonds. The highest BCUT2D eigenvalue weighted by atomic mass is 35.6. The molecule has 0 aliphatic rings. The van der Waals surface area contributed by atoms with Gasteiger partial charge >= 0.3 is 0 Å². The predicted molar refractivity (Wildman–Crippen MR) is 119 cm³/mol. The molecule has 0 saturated heterocycles. The number of benzene rings is 2. The molecule has 3 N–H and O–H groups in total. The number of anilines is 1. The minimum atomic E-state index is -1.92. The third kappa shape index (κ3) is 6.00. The van der Waals surface area contributed by atoms with Crippen molar-refractivity contribution in [1.82, 2.24) is 14.8 Å². The summed E-state index contributed by atoms with van der Waals surface area (Å²) in [6.45, 7) is -0.542. The van der Waals surface area contributed by atoms with Crippen LogP contribution in [0.15, 0.2) is 48.5 Å². The van der Waals surface area contributed by atoms with Crippen LogP contribution in [0.3, 0.4) is 0 Å². The van der Waals surface area contributed by atoms with Gasteiger partial charge in [0, 0.05) is 6.07 Å². The Bertz CT molecular complexity index is 1060. The van der Waals surface area contributed by atoms with Crippen molar-refractivity contribution in [3.05, 3.63) is 65.2 Å². The minimum absolute atomic E-state index is 0.0499. The summed E-state index contributed by atoms with van der Waals surface area (Å²) in [4.78, 5) is 16.8. The lowest BCUT2D eigenvalue weighted by atomic mass is 10.3. The number of ether oxygens (including phenoxy) is 1. The average molecular weight is 506 g/mol. The van der Waals surface area contributed by atoms with E-state index >= 15 is 0 Å². The number of aliphatic hydroxyl groups excluding tert-OH is 2. The Hall–Kier alpha value is -2.07. The van der Waals surface area contributed by atoms with Crippen molar-refractivity contribution >= 4 is 58.0 Å². The summed E-state index contributed by atoms with van der Waals surface area (Å²) in [5.41, 5.74) is 0.827. The van der Waals surface area contributed by atoms with Crippen LogP contribution in [-0.2, 0) is 3.79 Å². The highest BCUT2D eigenvalue weighted by Gasteiger charge is 2.33. The molecule has 164 valence electrons. The van der Waals surface area contributed by atoms with Gasteiger partial charge in [0.15, 0.2) is 5.82 Å². The monoisotopic (exact) mass is 504 g/mol. The number of rotatable bonds is 7. The largest absolute Gasteiger partial charge is 0.491 e. The van der Waals surface area contributed by atoms with E-state index in [0.717, 1.165) is 0 Å². The van der Waals surface area contributed by atoms with E-state index in [1.54, 1.807) is 24.3 Å². The molecule has 8 nitrogen and oxygen atoms in total. The normalized spacial score (nSPS) is 12.5. The van der Waals surface area contributed by atoms with Gasteiger partial charge in [-0.3, -0.25) is 4.79 Å². The molecular formula is C19H16Cl4N4O4. The summed E-state index contributed by atoms with van der Waals surface area (Å²) in [5, 5.41) is 25.1. The lowest BCUT2D eigenvalue weighted by molar-refractivity contribution is 0.0536. The fourth-order valence-electron chi connectivity index (χ4n) is 2.45. The molecule has 2 aromatic carbocycles. The van der Waals surface area contributed by atoms with Gasteiger partial charge in [-0.15, -0.1) is 5.10 Å². The van der Waals surface area contributed by atoms with Gasteiger partial charge in [-0.05, 0) is 24.3 Å². The predicted octanol–water partition coefficient (Wildman–Crippen LogP) is 3.73. The van der Waals surface area contributed by atoms with E-state index in [9.17, 15) is 9.90 Å². The second-order valence-corrected chi connectivity index (χ2v) is 8.94. The van der Waals surface area contributed by atoms with Crippen molar-refractivity contribution in [3.8, 4) is 11.4 Å². The number of carbonyl (C=O) groups is 1. The van der Waals surface area contributed by atoms with Crippen molar-refractivity contribution in [2.45, 2.75) is 9.90 Å². The maximum atomic E-state index is 12.7. The van der Waals surface area contributed by atoms with E-state index in [1.807, 2.05) is 6.07 Å². The summed E-state index contributed by atoms with van der Waals surface area (Å²) in [5.74, 6) is -0.601. The first-order chi connectivity index (χ1) is 14.7. The van der Waals surface area contributed by atoms with Crippen LogP contribution in [0.1, 0.15) is 16.4 Å². The van der Waals surface area contributed by atoms with E-state index in [0.29, 0.717) is 11.4 Å². The van der Waals surface area contributed by atoms with Crippen molar-refractivity contribution in [1.29, 1.82) is 0 Å². The molecule has 0 aliphatic carbocycles. The second-order valence-electron chi connectivity index (χ2n) is 6.25. The molecule has 0 bridgehead atoms. The zero-order chi connectivity index (χ0) is 22.6. The molecule has 0 fully saturated rings. The number of hydrogen-bond donors (Lipinski definition) is 3. The Morgan fingerprint density at radius 1 is 1.19 bits per heavy atom. The topological polar surface area (TPSA) is 110 Å². The first-order valence-electron chi connectivity index (χ1n) is 8.81.